The average Bonchev–Trinajstić information content (AvgIpc) is 3.03. The molecule has 0 amide bonds. The van der Waals surface area contributed by atoms with Gasteiger partial charge in [0.25, 0.3) is 0 Å². The van der Waals surface area contributed by atoms with Crippen LogP contribution in [0.5, 0.6) is 0 Å². The molecule has 1 aromatic carbocycles. The fourth-order valence-electron chi connectivity index (χ4n) is 3.04. The molecule has 0 saturated heterocycles. The number of likely N-dealkylation sites (N-methyl/N-ethyl adjacent to an activating group) is 1. The number of nitrogens with two attached hydrogens (primary N) is 1. The van der Waals surface area contributed by atoms with Crippen LogP contribution >= 0.6 is 0 Å². The van der Waals surface area contributed by atoms with E-state index in [1.54, 1.807) is 0 Å². The second kappa shape index (κ2) is 5.31. The largest absolute Gasteiger partial charge is 0.443 e. The van der Waals surface area contributed by atoms with E-state index in [1.807, 2.05) is 6.07 Å². The number of hydrogen-bond donors (Lipinski definition) is 1. The number of benzene rings is 1. The van der Waals surface area contributed by atoms with Crippen molar-refractivity contribution in [3.8, 4) is 0 Å². The second-order valence-electron chi connectivity index (χ2n) is 5.55. The Morgan fingerprint density at radius 3 is 3.11 bits per heavy atom. The number of rotatable bonds is 4. The molecule has 0 bridgehead atoms. The number of aromatic nitrogens is 1. The zero-order valence-corrected chi connectivity index (χ0v) is 11.4. The van der Waals surface area contributed by atoms with Crippen molar-refractivity contribution < 1.29 is 4.42 Å². The van der Waals surface area contributed by atoms with Crippen LogP contribution in [0.2, 0.25) is 0 Å². The lowest BCUT2D eigenvalue weighted by atomic mass is 10.1. The third-order valence-corrected chi connectivity index (χ3v) is 4.25. The van der Waals surface area contributed by atoms with Gasteiger partial charge < -0.3 is 15.1 Å². The SMILES string of the molecule is CN(CCc1ccc2ncoc2c1)C1CCCC1N. The maximum atomic E-state index is 6.14. The molecule has 1 aliphatic carbocycles. The van der Waals surface area contributed by atoms with Gasteiger partial charge in [-0.2, -0.15) is 0 Å². The Balaban J connectivity index is 1.61. The first-order chi connectivity index (χ1) is 9.24. The number of hydrogen-bond acceptors (Lipinski definition) is 4. The topological polar surface area (TPSA) is 55.3 Å². The van der Waals surface area contributed by atoms with Crippen molar-refractivity contribution >= 4 is 11.1 Å². The monoisotopic (exact) mass is 259 g/mol. The molecule has 2 unspecified atom stereocenters. The predicted molar refractivity (Wildman–Crippen MR) is 76.0 cm³/mol. The van der Waals surface area contributed by atoms with Gasteiger partial charge >= 0.3 is 0 Å². The molecular weight excluding hydrogens is 238 g/mol. The van der Waals surface area contributed by atoms with Gasteiger partial charge in [-0.3, -0.25) is 0 Å². The summed E-state index contributed by atoms with van der Waals surface area (Å²) in [5.74, 6) is 0. The molecule has 1 heterocycles. The summed E-state index contributed by atoms with van der Waals surface area (Å²) < 4.78 is 5.34. The molecule has 0 spiro atoms. The molecule has 4 nitrogen and oxygen atoms in total. The molecule has 4 heteroatoms. The molecule has 2 aromatic rings. The van der Waals surface area contributed by atoms with Crippen molar-refractivity contribution in [3.63, 3.8) is 0 Å². The Kier molecular flexibility index (Phi) is 3.53. The average molecular weight is 259 g/mol. The van der Waals surface area contributed by atoms with Gasteiger partial charge in [-0.25, -0.2) is 4.98 Å². The lowest BCUT2D eigenvalue weighted by Gasteiger charge is -2.27. The van der Waals surface area contributed by atoms with Crippen LogP contribution in [-0.2, 0) is 6.42 Å². The fourth-order valence-corrected chi connectivity index (χ4v) is 3.04. The maximum absolute atomic E-state index is 6.14. The van der Waals surface area contributed by atoms with Crippen LogP contribution in [0.3, 0.4) is 0 Å². The lowest BCUT2D eigenvalue weighted by Crippen LogP contribution is -2.42. The zero-order valence-electron chi connectivity index (χ0n) is 11.4. The summed E-state index contributed by atoms with van der Waals surface area (Å²) in [6.45, 7) is 1.04. The zero-order chi connectivity index (χ0) is 13.2. The molecule has 1 fully saturated rings. The molecule has 19 heavy (non-hydrogen) atoms. The molecule has 102 valence electrons. The highest BCUT2D eigenvalue weighted by atomic mass is 16.3. The van der Waals surface area contributed by atoms with Gasteiger partial charge in [0.05, 0.1) is 0 Å². The van der Waals surface area contributed by atoms with Crippen LogP contribution in [0.25, 0.3) is 11.1 Å². The van der Waals surface area contributed by atoms with E-state index in [4.69, 9.17) is 10.2 Å². The fraction of sp³-hybridized carbons (Fsp3) is 0.533. The minimum absolute atomic E-state index is 0.349. The van der Waals surface area contributed by atoms with Gasteiger partial charge in [0.15, 0.2) is 12.0 Å². The van der Waals surface area contributed by atoms with E-state index >= 15 is 0 Å². The van der Waals surface area contributed by atoms with Crippen LogP contribution in [0.15, 0.2) is 29.0 Å². The number of fused-ring (bicyclic) bond motifs is 1. The normalized spacial score (nSPS) is 23.5. The first-order valence-electron chi connectivity index (χ1n) is 7.02. The molecule has 0 aliphatic heterocycles. The Morgan fingerprint density at radius 2 is 2.32 bits per heavy atom. The summed E-state index contributed by atoms with van der Waals surface area (Å²) in [5, 5.41) is 0. The van der Waals surface area contributed by atoms with Gasteiger partial charge in [0, 0.05) is 18.6 Å². The van der Waals surface area contributed by atoms with Crippen LogP contribution < -0.4 is 5.73 Å². The highest BCUT2D eigenvalue weighted by Crippen LogP contribution is 2.22. The highest BCUT2D eigenvalue weighted by Gasteiger charge is 2.26. The van der Waals surface area contributed by atoms with Crippen molar-refractivity contribution in [2.75, 3.05) is 13.6 Å². The van der Waals surface area contributed by atoms with Crippen molar-refractivity contribution in [2.24, 2.45) is 5.73 Å². The highest BCUT2D eigenvalue weighted by molar-refractivity contribution is 5.72. The lowest BCUT2D eigenvalue weighted by molar-refractivity contribution is 0.231. The number of oxazole rings is 1. The third kappa shape index (κ3) is 2.65. The summed E-state index contributed by atoms with van der Waals surface area (Å²) in [6, 6.07) is 7.14. The Morgan fingerprint density at radius 1 is 1.42 bits per heavy atom. The van der Waals surface area contributed by atoms with E-state index in [-0.39, 0.29) is 0 Å². The van der Waals surface area contributed by atoms with Crippen LogP contribution in [0, 0.1) is 0 Å². The molecule has 1 aromatic heterocycles. The molecule has 3 rings (SSSR count). The van der Waals surface area contributed by atoms with E-state index in [1.165, 1.54) is 31.2 Å². The summed E-state index contributed by atoms with van der Waals surface area (Å²) >= 11 is 0. The maximum Gasteiger partial charge on any atom is 0.181 e. The molecule has 2 atom stereocenters. The predicted octanol–water partition coefficient (Wildman–Crippen LogP) is 2.18. The summed E-state index contributed by atoms with van der Waals surface area (Å²) in [4.78, 5) is 6.54. The first kappa shape index (κ1) is 12.6. The summed E-state index contributed by atoms with van der Waals surface area (Å²) in [7, 11) is 2.18. The third-order valence-electron chi connectivity index (χ3n) is 4.25. The molecule has 1 saturated carbocycles. The van der Waals surface area contributed by atoms with E-state index < -0.39 is 0 Å². The van der Waals surface area contributed by atoms with Crippen molar-refractivity contribution in [2.45, 2.75) is 37.8 Å². The Bertz CT molecular complexity index is 551. The van der Waals surface area contributed by atoms with Crippen LogP contribution in [0.4, 0.5) is 0 Å². The van der Waals surface area contributed by atoms with Gasteiger partial charge in [0.1, 0.15) is 5.52 Å². The second-order valence-corrected chi connectivity index (χ2v) is 5.55. The van der Waals surface area contributed by atoms with Crippen LogP contribution in [-0.4, -0.2) is 35.6 Å². The first-order valence-corrected chi connectivity index (χ1v) is 7.02. The van der Waals surface area contributed by atoms with Gasteiger partial charge in [-0.05, 0) is 44.0 Å². The molecule has 1 aliphatic rings. The minimum atomic E-state index is 0.349. The standard InChI is InChI=1S/C15H21N3O/c1-18(14-4-2-3-12(14)16)8-7-11-5-6-13-15(9-11)19-10-17-13/h5-6,9-10,12,14H,2-4,7-8,16H2,1H3. The molecule has 0 radical (unpaired) electrons. The van der Waals surface area contributed by atoms with E-state index in [2.05, 4.69) is 29.1 Å². The molecule has 2 N–H and O–H groups in total. The quantitative estimate of drug-likeness (QED) is 0.914. The summed E-state index contributed by atoms with van der Waals surface area (Å²) in [5.41, 5.74) is 9.24. The Labute approximate surface area is 113 Å². The van der Waals surface area contributed by atoms with Gasteiger partial charge in [-0.15, -0.1) is 0 Å². The van der Waals surface area contributed by atoms with Crippen molar-refractivity contribution in [1.82, 2.24) is 9.88 Å². The van der Waals surface area contributed by atoms with Gasteiger partial charge in [-0.1, -0.05) is 12.5 Å². The van der Waals surface area contributed by atoms with E-state index in [0.717, 1.165) is 24.1 Å². The minimum Gasteiger partial charge on any atom is -0.443 e. The Hall–Kier alpha value is -1.39. The van der Waals surface area contributed by atoms with Crippen LogP contribution in [0.1, 0.15) is 24.8 Å². The summed E-state index contributed by atoms with van der Waals surface area (Å²) in [6.07, 6.45) is 6.19. The smallest absolute Gasteiger partial charge is 0.181 e. The molecular formula is C15H21N3O. The van der Waals surface area contributed by atoms with E-state index in [9.17, 15) is 0 Å². The van der Waals surface area contributed by atoms with Crippen molar-refractivity contribution in [1.29, 1.82) is 0 Å². The van der Waals surface area contributed by atoms with Crippen molar-refractivity contribution in [3.05, 3.63) is 30.2 Å². The number of nitrogens with zero attached hydrogens (tertiary/aromatic N) is 2. The van der Waals surface area contributed by atoms with E-state index in [0.29, 0.717) is 12.1 Å². The van der Waals surface area contributed by atoms with Gasteiger partial charge in [0.2, 0.25) is 0 Å².